The molecule has 0 N–H and O–H groups in total. The van der Waals surface area contributed by atoms with Gasteiger partial charge in [0, 0.05) is 27.1 Å². The Bertz CT molecular complexity index is 175. The van der Waals surface area contributed by atoms with Gasteiger partial charge in [-0.1, -0.05) is 0 Å². The number of hydrogen-bond donors (Lipinski definition) is 0. The van der Waals surface area contributed by atoms with Crippen molar-refractivity contribution < 1.29 is 14.0 Å². The number of rotatable bonds is 5. The van der Waals surface area contributed by atoms with E-state index in [1.807, 2.05) is 7.11 Å². The highest BCUT2D eigenvalue weighted by Gasteiger charge is 2.41. The van der Waals surface area contributed by atoms with Crippen molar-refractivity contribution in [1.82, 2.24) is 0 Å². The number of methoxy groups -OCH3 is 2. The molecule has 0 radical (unpaired) electrons. The number of likely N-dealkylation sites (N-methyl/N-ethyl adjacent to an activating group) is 1. The number of hydrogen-bond acceptors (Lipinski definition) is 2. The summed E-state index contributed by atoms with van der Waals surface area (Å²) >= 11 is 0. The first kappa shape index (κ1) is 12.0. The normalized spacial score (nSPS) is 34.7. The lowest BCUT2D eigenvalue weighted by Gasteiger charge is -2.38. The van der Waals surface area contributed by atoms with Gasteiger partial charge in [-0.25, -0.2) is 0 Å². The number of nitrogens with zero attached hydrogens (tertiary/aromatic N) is 1. The van der Waals surface area contributed by atoms with Crippen LogP contribution in [-0.2, 0) is 9.47 Å². The Balaban J connectivity index is 2.55. The van der Waals surface area contributed by atoms with Crippen molar-refractivity contribution in [2.75, 3.05) is 41.0 Å². The Kier molecular flexibility index (Phi) is 4.35. The third-order valence-electron chi connectivity index (χ3n) is 3.69. The van der Waals surface area contributed by atoms with E-state index in [9.17, 15) is 0 Å². The van der Waals surface area contributed by atoms with Crippen molar-refractivity contribution in [3.63, 3.8) is 0 Å². The van der Waals surface area contributed by atoms with Gasteiger partial charge in [0.2, 0.25) is 0 Å². The number of quaternary nitrogens is 1. The predicted molar refractivity (Wildman–Crippen MR) is 57.3 cm³/mol. The third-order valence-corrected chi connectivity index (χ3v) is 3.69. The summed E-state index contributed by atoms with van der Waals surface area (Å²) in [4.78, 5) is 0. The molecule has 0 aromatic heterocycles. The second-order valence-corrected chi connectivity index (χ2v) is 4.57. The summed E-state index contributed by atoms with van der Waals surface area (Å²) in [6.07, 6.45) is 2.97. The monoisotopic (exact) mass is 202 g/mol. The second kappa shape index (κ2) is 5.10. The standard InChI is InChI=1S/C11H24NO2/c1-10(14-4)11-6-5-7-12(11,2)8-9-13-3/h10-11H,5-9H2,1-4H3/q+1. The van der Waals surface area contributed by atoms with Crippen molar-refractivity contribution >= 4 is 0 Å². The van der Waals surface area contributed by atoms with Crippen LogP contribution in [0.4, 0.5) is 0 Å². The van der Waals surface area contributed by atoms with Crippen LogP contribution in [-0.4, -0.2) is 57.6 Å². The maximum atomic E-state index is 5.45. The minimum Gasteiger partial charge on any atom is -0.379 e. The van der Waals surface area contributed by atoms with E-state index >= 15 is 0 Å². The van der Waals surface area contributed by atoms with Gasteiger partial charge < -0.3 is 14.0 Å². The second-order valence-electron chi connectivity index (χ2n) is 4.57. The van der Waals surface area contributed by atoms with Gasteiger partial charge in [0.15, 0.2) is 0 Å². The van der Waals surface area contributed by atoms with Crippen LogP contribution in [0.5, 0.6) is 0 Å². The summed E-state index contributed by atoms with van der Waals surface area (Å²) in [5.41, 5.74) is 0. The molecule has 3 nitrogen and oxygen atoms in total. The van der Waals surface area contributed by atoms with Crippen molar-refractivity contribution in [3.8, 4) is 0 Å². The van der Waals surface area contributed by atoms with Crippen molar-refractivity contribution in [2.24, 2.45) is 0 Å². The van der Waals surface area contributed by atoms with Crippen LogP contribution in [0.1, 0.15) is 19.8 Å². The Hall–Kier alpha value is -0.120. The number of ether oxygens (including phenoxy) is 2. The quantitative estimate of drug-likeness (QED) is 0.625. The minimum atomic E-state index is 0.361. The van der Waals surface area contributed by atoms with Gasteiger partial charge in [0.1, 0.15) is 18.7 Å². The SMILES string of the molecule is COCC[N+]1(C)CCCC1C(C)OC. The minimum absolute atomic E-state index is 0.361. The molecule has 3 unspecified atom stereocenters. The molecule has 0 bridgehead atoms. The summed E-state index contributed by atoms with van der Waals surface area (Å²) in [6.45, 7) is 5.40. The van der Waals surface area contributed by atoms with E-state index in [-0.39, 0.29) is 0 Å². The van der Waals surface area contributed by atoms with E-state index in [1.165, 1.54) is 19.4 Å². The highest BCUT2D eigenvalue weighted by Crippen LogP contribution is 2.27. The molecular formula is C11H24NO2+. The molecule has 3 atom stereocenters. The molecule has 1 aliphatic heterocycles. The Morgan fingerprint density at radius 3 is 2.71 bits per heavy atom. The lowest BCUT2D eigenvalue weighted by molar-refractivity contribution is -0.924. The van der Waals surface area contributed by atoms with Crippen LogP contribution in [0.2, 0.25) is 0 Å². The zero-order chi connectivity index (χ0) is 10.6. The molecule has 1 heterocycles. The third kappa shape index (κ3) is 2.47. The lowest BCUT2D eigenvalue weighted by Crippen LogP contribution is -2.54. The van der Waals surface area contributed by atoms with Crippen LogP contribution >= 0.6 is 0 Å². The first-order valence-corrected chi connectivity index (χ1v) is 5.50. The molecule has 1 rings (SSSR count). The van der Waals surface area contributed by atoms with Gasteiger partial charge in [-0.2, -0.15) is 0 Å². The molecule has 1 saturated heterocycles. The van der Waals surface area contributed by atoms with Crippen LogP contribution in [0.25, 0.3) is 0 Å². The van der Waals surface area contributed by atoms with Gasteiger partial charge in [-0.3, -0.25) is 0 Å². The van der Waals surface area contributed by atoms with E-state index < -0.39 is 0 Å². The molecular weight excluding hydrogens is 178 g/mol. The highest BCUT2D eigenvalue weighted by molar-refractivity contribution is 4.73. The zero-order valence-corrected chi connectivity index (χ0v) is 9.95. The first-order valence-electron chi connectivity index (χ1n) is 5.50. The van der Waals surface area contributed by atoms with Crippen molar-refractivity contribution in [1.29, 1.82) is 0 Å². The fourth-order valence-electron chi connectivity index (χ4n) is 2.62. The van der Waals surface area contributed by atoms with Crippen LogP contribution in [0.15, 0.2) is 0 Å². The molecule has 0 saturated carbocycles. The largest absolute Gasteiger partial charge is 0.379 e. The molecule has 84 valence electrons. The van der Waals surface area contributed by atoms with E-state index in [0.29, 0.717) is 12.1 Å². The maximum absolute atomic E-state index is 5.45. The van der Waals surface area contributed by atoms with Crippen molar-refractivity contribution in [3.05, 3.63) is 0 Å². The summed E-state index contributed by atoms with van der Waals surface area (Å²) in [7, 11) is 5.91. The number of likely N-dealkylation sites (tertiary alicyclic amines) is 1. The molecule has 1 aliphatic rings. The molecule has 14 heavy (non-hydrogen) atoms. The Morgan fingerprint density at radius 1 is 1.43 bits per heavy atom. The molecule has 0 aromatic rings. The highest BCUT2D eigenvalue weighted by atomic mass is 16.5. The Labute approximate surface area is 87.6 Å². The van der Waals surface area contributed by atoms with Gasteiger partial charge >= 0.3 is 0 Å². The predicted octanol–water partition coefficient (Wildman–Crippen LogP) is 1.28. The fourth-order valence-corrected chi connectivity index (χ4v) is 2.62. The van der Waals surface area contributed by atoms with Crippen LogP contribution in [0, 0.1) is 0 Å². The van der Waals surface area contributed by atoms with E-state index in [4.69, 9.17) is 9.47 Å². The first-order chi connectivity index (χ1) is 6.64. The van der Waals surface area contributed by atoms with Crippen LogP contribution in [0.3, 0.4) is 0 Å². The van der Waals surface area contributed by atoms with E-state index in [1.54, 1.807) is 7.11 Å². The zero-order valence-electron chi connectivity index (χ0n) is 9.95. The van der Waals surface area contributed by atoms with Gasteiger partial charge in [-0.15, -0.1) is 0 Å². The summed E-state index contributed by atoms with van der Waals surface area (Å²) in [6, 6.07) is 0.648. The average Bonchev–Trinajstić information content (AvgIpc) is 2.57. The Morgan fingerprint density at radius 2 is 2.14 bits per heavy atom. The molecule has 1 fully saturated rings. The summed E-state index contributed by atoms with van der Waals surface area (Å²) in [5, 5.41) is 0. The van der Waals surface area contributed by atoms with Gasteiger partial charge in [-0.05, 0) is 6.92 Å². The smallest absolute Gasteiger partial charge is 0.115 e. The molecule has 0 aromatic carbocycles. The molecule has 3 heteroatoms. The van der Waals surface area contributed by atoms with E-state index in [2.05, 4.69) is 14.0 Å². The van der Waals surface area contributed by atoms with E-state index in [0.717, 1.165) is 17.6 Å². The molecule has 0 aliphatic carbocycles. The molecule has 0 amide bonds. The van der Waals surface area contributed by atoms with Gasteiger partial charge in [0.05, 0.1) is 20.2 Å². The topological polar surface area (TPSA) is 18.5 Å². The summed E-state index contributed by atoms with van der Waals surface area (Å²) < 4.78 is 11.7. The maximum Gasteiger partial charge on any atom is 0.115 e. The van der Waals surface area contributed by atoms with Crippen LogP contribution < -0.4 is 0 Å². The summed E-state index contributed by atoms with van der Waals surface area (Å²) in [5.74, 6) is 0. The van der Waals surface area contributed by atoms with Crippen molar-refractivity contribution in [2.45, 2.75) is 31.9 Å². The fraction of sp³-hybridized carbons (Fsp3) is 1.00. The lowest BCUT2D eigenvalue weighted by atomic mass is 10.1. The average molecular weight is 202 g/mol. The molecule has 0 spiro atoms. The van der Waals surface area contributed by atoms with Gasteiger partial charge in [0.25, 0.3) is 0 Å².